The predicted molar refractivity (Wildman–Crippen MR) is 83.4 cm³/mol. The Morgan fingerprint density at radius 3 is 2.74 bits per heavy atom. The van der Waals surface area contributed by atoms with Gasteiger partial charge in [0.05, 0.1) is 18.8 Å². The molecule has 2 unspecified atom stereocenters. The van der Waals surface area contributed by atoms with Crippen LogP contribution in [-0.4, -0.2) is 66.2 Å². The molecule has 0 bridgehead atoms. The highest BCUT2D eigenvalue weighted by Gasteiger charge is 2.26. The van der Waals surface area contributed by atoms with Crippen molar-refractivity contribution in [1.29, 1.82) is 0 Å². The van der Waals surface area contributed by atoms with Crippen molar-refractivity contribution in [1.82, 2.24) is 9.80 Å². The van der Waals surface area contributed by atoms with Crippen LogP contribution >= 0.6 is 0 Å². The molecule has 2 aliphatic heterocycles. The average Bonchev–Trinajstić information content (AvgIpc) is 2.93. The zero-order chi connectivity index (χ0) is 16.2. The average molecular weight is 322 g/mol. The van der Waals surface area contributed by atoms with E-state index in [0.717, 1.165) is 25.1 Å². The summed E-state index contributed by atoms with van der Waals surface area (Å²) >= 11 is 0. The van der Waals surface area contributed by atoms with Crippen molar-refractivity contribution in [3.05, 3.63) is 35.6 Å². The maximum absolute atomic E-state index is 13.0. The number of morpholine rings is 1. The number of carbonyl (C=O) groups is 1. The van der Waals surface area contributed by atoms with Gasteiger partial charge < -0.3 is 14.7 Å². The largest absolute Gasteiger partial charge is 0.390 e. The molecular weight excluding hydrogens is 299 g/mol. The lowest BCUT2D eigenvalue weighted by atomic mass is 10.1. The molecule has 1 aromatic rings. The third-order valence-electron chi connectivity index (χ3n) is 4.46. The molecule has 1 aromatic carbocycles. The maximum atomic E-state index is 13.0. The van der Waals surface area contributed by atoms with Gasteiger partial charge in [-0.25, -0.2) is 4.39 Å². The standard InChI is InChI=1S/C17H23FN2O3/c18-14-5-3-13(4-6-14)16-12-19(8-9-23-16)10-15(21)11-20-7-1-2-17(20)22/h3-6,15-16,21H,1-2,7-12H2. The Hall–Kier alpha value is -1.50. The van der Waals surface area contributed by atoms with Crippen LogP contribution in [0.2, 0.25) is 0 Å². The summed E-state index contributed by atoms with van der Waals surface area (Å²) in [5, 5.41) is 10.2. The number of aliphatic hydroxyl groups is 1. The Kier molecular flexibility index (Phi) is 5.25. The van der Waals surface area contributed by atoms with Gasteiger partial charge in [-0.15, -0.1) is 0 Å². The van der Waals surface area contributed by atoms with Gasteiger partial charge in [0.2, 0.25) is 5.91 Å². The summed E-state index contributed by atoms with van der Waals surface area (Å²) in [6.07, 6.45) is 0.820. The summed E-state index contributed by atoms with van der Waals surface area (Å²) in [5.41, 5.74) is 0.945. The highest BCUT2D eigenvalue weighted by atomic mass is 19.1. The van der Waals surface area contributed by atoms with Gasteiger partial charge in [0.15, 0.2) is 0 Å². The van der Waals surface area contributed by atoms with Gasteiger partial charge in [0.25, 0.3) is 0 Å². The van der Waals surface area contributed by atoms with E-state index in [4.69, 9.17) is 4.74 Å². The third-order valence-corrected chi connectivity index (χ3v) is 4.46. The van der Waals surface area contributed by atoms with Crippen molar-refractivity contribution in [3.8, 4) is 0 Å². The topological polar surface area (TPSA) is 53.0 Å². The van der Waals surface area contributed by atoms with Gasteiger partial charge in [0.1, 0.15) is 5.82 Å². The summed E-state index contributed by atoms with van der Waals surface area (Å²) < 4.78 is 18.8. The third kappa shape index (κ3) is 4.28. The van der Waals surface area contributed by atoms with Crippen LogP contribution in [0.5, 0.6) is 0 Å². The Balaban J connectivity index is 1.52. The van der Waals surface area contributed by atoms with Crippen LogP contribution in [0.3, 0.4) is 0 Å². The minimum Gasteiger partial charge on any atom is -0.390 e. The highest BCUT2D eigenvalue weighted by molar-refractivity contribution is 5.78. The van der Waals surface area contributed by atoms with Crippen LogP contribution < -0.4 is 0 Å². The fraction of sp³-hybridized carbons (Fsp3) is 0.588. The van der Waals surface area contributed by atoms with Crippen molar-refractivity contribution >= 4 is 5.91 Å². The monoisotopic (exact) mass is 322 g/mol. The van der Waals surface area contributed by atoms with E-state index in [9.17, 15) is 14.3 Å². The molecule has 126 valence electrons. The second kappa shape index (κ2) is 7.38. The van der Waals surface area contributed by atoms with Crippen molar-refractivity contribution in [3.63, 3.8) is 0 Å². The smallest absolute Gasteiger partial charge is 0.222 e. The van der Waals surface area contributed by atoms with E-state index in [1.54, 1.807) is 17.0 Å². The van der Waals surface area contributed by atoms with E-state index >= 15 is 0 Å². The fourth-order valence-electron chi connectivity index (χ4n) is 3.25. The summed E-state index contributed by atoms with van der Waals surface area (Å²) in [6, 6.07) is 6.35. The first-order valence-electron chi connectivity index (χ1n) is 8.17. The molecule has 2 fully saturated rings. The molecular formula is C17H23FN2O3. The second-order valence-corrected chi connectivity index (χ2v) is 6.27. The van der Waals surface area contributed by atoms with Crippen molar-refractivity contribution in [2.75, 3.05) is 39.3 Å². The van der Waals surface area contributed by atoms with E-state index in [2.05, 4.69) is 4.90 Å². The van der Waals surface area contributed by atoms with Gasteiger partial charge >= 0.3 is 0 Å². The van der Waals surface area contributed by atoms with Crippen LogP contribution in [0, 0.1) is 5.82 Å². The first-order valence-corrected chi connectivity index (χ1v) is 8.17. The molecule has 5 nitrogen and oxygen atoms in total. The molecule has 0 aromatic heterocycles. The summed E-state index contributed by atoms with van der Waals surface area (Å²) in [7, 11) is 0. The van der Waals surface area contributed by atoms with E-state index in [-0.39, 0.29) is 17.8 Å². The Labute approximate surface area is 135 Å². The van der Waals surface area contributed by atoms with E-state index in [0.29, 0.717) is 32.7 Å². The molecule has 6 heteroatoms. The molecule has 0 saturated carbocycles. The lowest BCUT2D eigenvalue weighted by Gasteiger charge is -2.34. The number of rotatable bonds is 5. The number of aliphatic hydroxyl groups excluding tert-OH is 1. The van der Waals surface area contributed by atoms with Crippen LogP contribution in [0.25, 0.3) is 0 Å². The van der Waals surface area contributed by atoms with Gasteiger partial charge in [-0.05, 0) is 24.1 Å². The summed E-state index contributed by atoms with van der Waals surface area (Å²) in [4.78, 5) is 15.5. The molecule has 0 radical (unpaired) electrons. The van der Waals surface area contributed by atoms with Gasteiger partial charge in [0, 0.05) is 39.1 Å². The SMILES string of the molecule is O=C1CCCN1CC(O)CN1CCOC(c2ccc(F)cc2)C1. The van der Waals surface area contributed by atoms with Crippen LogP contribution in [-0.2, 0) is 9.53 Å². The molecule has 2 saturated heterocycles. The number of hydrogen-bond acceptors (Lipinski definition) is 4. The quantitative estimate of drug-likeness (QED) is 0.884. The Morgan fingerprint density at radius 1 is 1.26 bits per heavy atom. The van der Waals surface area contributed by atoms with E-state index < -0.39 is 6.10 Å². The Morgan fingerprint density at radius 2 is 2.04 bits per heavy atom. The molecule has 3 rings (SSSR count). The number of β-amino-alcohol motifs (C(OH)–C–C–N with tert-alkyl or cyclic N) is 1. The molecule has 2 aliphatic rings. The number of hydrogen-bond donors (Lipinski definition) is 1. The molecule has 2 atom stereocenters. The highest BCUT2D eigenvalue weighted by Crippen LogP contribution is 2.22. The normalized spacial score (nSPS) is 24.2. The maximum Gasteiger partial charge on any atom is 0.222 e. The first kappa shape index (κ1) is 16.4. The first-order chi connectivity index (χ1) is 11.1. The van der Waals surface area contributed by atoms with Crippen LogP contribution in [0.1, 0.15) is 24.5 Å². The molecule has 23 heavy (non-hydrogen) atoms. The summed E-state index contributed by atoms with van der Waals surface area (Å²) in [5.74, 6) is -0.123. The predicted octanol–water partition coefficient (Wildman–Crippen LogP) is 1.18. The lowest BCUT2D eigenvalue weighted by molar-refractivity contribution is -0.129. The van der Waals surface area contributed by atoms with Crippen LogP contribution in [0.15, 0.2) is 24.3 Å². The fourth-order valence-corrected chi connectivity index (χ4v) is 3.25. The molecule has 2 heterocycles. The molecule has 0 aliphatic carbocycles. The number of ether oxygens (including phenoxy) is 1. The molecule has 0 spiro atoms. The zero-order valence-electron chi connectivity index (χ0n) is 13.2. The molecule has 1 N–H and O–H groups in total. The van der Waals surface area contributed by atoms with Gasteiger partial charge in [-0.3, -0.25) is 9.69 Å². The number of nitrogens with zero attached hydrogens (tertiary/aromatic N) is 2. The Bertz CT molecular complexity index is 537. The zero-order valence-corrected chi connectivity index (χ0v) is 13.2. The molecule has 1 amide bonds. The number of halogens is 1. The van der Waals surface area contributed by atoms with Gasteiger partial charge in [-0.2, -0.15) is 0 Å². The van der Waals surface area contributed by atoms with Crippen LogP contribution in [0.4, 0.5) is 4.39 Å². The number of amides is 1. The van der Waals surface area contributed by atoms with Gasteiger partial charge in [-0.1, -0.05) is 12.1 Å². The van der Waals surface area contributed by atoms with Crippen molar-refractivity contribution in [2.24, 2.45) is 0 Å². The number of benzene rings is 1. The second-order valence-electron chi connectivity index (χ2n) is 6.27. The van der Waals surface area contributed by atoms with E-state index in [1.807, 2.05) is 0 Å². The minimum atomic E-state index is -0.552. The number of likely N-dealkylation sites (tertiary alicyclic amines) is 1. The van der Waals surface area contributed by atoms with Crippen molar-refractivity contribution < 1.29 is 19.0 Å². The lowest BCUT2D eigenvalue weighted by Crippen LogP contribution is -2.45. The minimum absolute atomic E-state index is 0.107. The van der Waals surface area contributed by atoms with Crippen molar-refractivity contribution in [2.45, 2.75) is 25.0 Å². The number of carbonyl (C=O) groups excluding carboxylic acids is 1. The summed E-state index contributed by atoms with van der Waals surface area (Å²) in [6.45, 7) is 3.66. The van der Waals surface area contributed by atoms with E-state index in [1.165, 1.54) is 12.1 Å².